The predicted molar refractivity (Wildman–Crippen MR) is 94.6 cm³/mol. The van der Waals surface area contributed by atoms with E-state index in [9.17, 15) is 4.79 Å². The van der Waals surface area contributed by atoms with E-state index in [1.807, 2.05) is 18.2 Å². The third kappa shape index (κ3) is 5.98. The molecule has 0 bridgehead atoms. The van der Waals surface area contributed by atoms with Crippen molar-refractivity contribution in [3.8, 4) is 0 Å². The van der Waals surface area contributed by atoms with Gasteiger partial charge in [-0.1, -0.05) is 43.7 Å². The summed E-state index contributed by atoms with van der Waals surface area (Å²) >= 11 is 0. The summed E-state index contributed by atoms with van der Waals surface area (Å²) in [7, 11) is 0. The van der Waals surface area contributed by atoms with Crippen LogP contribution in [0.4, 0.5) is 0 Å². The van der Waals surface area contributed by atoms with Crippen molar-refractivity contribution >= 4 is 18.3 Å². The summed E-state index contributed by atoms with van der Waals surface area (Å²) in [4.78, 5) is 12.4. The first-order valence-electron chi connectivity index (χ1n) is 8.34. The summed E-state index contributed by atoms with van der Waals surface area (Å²) in [6, 6.07) is 10.1. The fourth-order valence-corrected chi connectivity index (χ4v) is 3.12. The monoisotopic (exact) mass is 324 g/mol. The van der Waals surface area contributed by atoms with Gasteiger partial charge in [0.05, 0.1) is 5.92 Å². The van der Waals surface area contributed by atoms with Crippen molar-refractivity contribution in [3.05, 3.63) is 35.9 Å². The Morgan fingerprint density at radius 3 is 2.77 bits per heavy atom. The molecule has 1 amide bonds. The average molecular weight is 325 g/mol. The Morgan fingerprint density at radius 1 is 1.36 bits per heavy atom. The normalized spacial score (nSPS) is 19.0. The van der Waals surface area contributed by atoms with Gasteiger partial charge in [0.1, 0.15) is 0 Å². The quantitative estimate of drug-likeness (QED) is 0.806. The van der Waals surface area contributed by atoms with Crippen LogP contribution in [-0.4, -0.2) is 25.5 Å². The van der Waals surface area contributed by atoms with Crippen LogP contribution in [0.5, 0.6) is 0 Å². The lowest BCUT2D eigenvalue weighted by atomic mass is 9.93. The van der Waals surface area contributed by atoms with Gasteiger partial charge >= 0.3 is 0 Å². The van der Waals surface area contributed by atoms with Crippen LogP contribution >= 0.6 is 12.4 Å². The second kappa shape index (κ2) is 10.6. The molecular formula is C18H29ClN2O. The third-order valence-corrected chi connectivity index (χ3v) is 4.35. The van der Waals surface area contributed by atoms with Gasteiger partial charge in [0, 0.05) is 6.54 Å². The summed E-state index contributed by atoms with van der Waals surface area (Å²) in [6.07, 6.45) is 5.59. The van der Waals surface area contributed by atoms with Gasteiger partial charge in [0.15, 0.2) is 0 Å². The second-order valence-corrected chi connectivity index (χ2v) is 6.04. The lowest BCUT2D eigenvalue weighted by Gasteiger charge is -2.23. The fourth-order valence-electron chi connectivity index (χ4n) is 3.12. The number of hydrogen-bond donors (Lipinski definition) is 2. The molecular weight excluding hydrogens is 296 g/mol. The lowest BCUT2D eigenvalue weighted by Crippen LogP contribution is -2.34. The maximum Gasteiger partial charge on any atom is 0.227 e. The topological polar surface area (TPSA) is 41.1 Å². The van der Waals surface area contributed by atoms with E-state index in [1.165, 1.54) is 12.8 Å². The molecule has 1 heterocycles. The van der Waals surface area contributed by atoms with Gasteiger partial charge in [0.2, 0.25) is 5.91 Å². The van der Waals surface area contributed by atoms with Gasteiger partial charge in [-0.2, -0.15) is 0 Å². The Labute approximate surface area is 140 Å². The van der Waals surface area contributed by atoms with Crippen LogP contribution in [0.1, 0.15) is 50.5 Å². The summed E-state index contributed by atoms with van der Waals surface area (Å²) in [6.45, 7) is 5.19. The highest BCUT2D eigenvalue weighted by Crippen LogP contribution is 2.21. The molecule has 0 spiro atoms. The van der Waals surface area contributed by atoms with Crippen LogP contribution in [0.2, 0.25) is 0 Å². The molecule has 1 saturated heterocycles. The van der Waals surface area contributed by atoms with Crippen molar-refractivity contribution in [3.63, 3.8) is 0 Å². The minimum absolute atomic E-state index is 0. The van der Waals surface area contributed by atoms with E-state index in [1.54, 1.807) is 0 Å². The molecule has 2 unspecified atom stereocenters. The number of halogens is 1. The largest absolute Gasteiger partial charge is 0.356 e. The first kappa shape index (κ1) is 19.0. The Kier molecular flexibility index (Phi) is 9.17. The number of amides is 1. The summed E-state index contributed by atoms with van der Waals surface area (Å²) in [5.41, 5.74) is 1.14. The average Bonchev–Trinajstić information content (AvgIpc) is 2.54. The van der Waals surface area contributed by atoms with E-state index in [0.717, 1.165) is 50.4 Å². The molecule has 4 heteroatoms. The summed E-state index contributed by atoms with van der Waals surface area (Å²) in [5, 5.41) is 6.58. The fraction of sp³-hybridized carbons (Fsp3) is 0.611. The Morgan fingerprint density at radius 2 is 2.14 bits per heavy atom. The molecule has 22 heavy (non-hydrogen) atoms. The third-order valence-electron chi connectivity index (χ3n) is 4.35. The molecule has 0 radical (unpaired) electrons. The molecule has 1 aromatic carbocycles. The standard InChI is InChI=1S/C18H28N2O.ClH/c1-2-7-17(16-9-4-3-5-10-16)18(21)20-13-11-15-8-6-12-19-14-15;/h3-5,9-10,15,17,19H,2,6-8,11-14H2,1H3,(H,20,21);1H. The van der Waals surface area contributed by atoms with Gasteiger partial charge in [-0.15, -0.1) is 12.4 Å². The van der Waals surface area contributed by atoms with Gasteiger partial charge in [-0.3, -0.25) is 4.79 Å². The summed E-state index contributed by atoms with van der Waals surface area (Å²) in [5.74, 6) is 0.910. The molecule has 0 aromatic heterocycles. The molecule has 2 atom stereocenters. The van der Waals surface area contributed by atoms with E-state index in [2.05, 4.69) is 29.7 Å². The highest BCUT2D eigenvalue weighted by molar-refractivity contribution is 5.85. The van der Waals surface area contributed by atoms with Gasteiger partial charge < -0.3 is 10.6 Å². The van der Waals surface area contributed by atoms with E-state index in [4.69, 9.17) is 0 Å². The van der Waals surface area contributed by atoms with Gasteiger partial charge in [-0.25, -0.2) is 0 Å². The highest BCUT2D eigenvalue weighted by Gasteiger charge is 2.19. The van der Waals surface area contributed by atoms with Crippen LogP contribution < -0.4 is 10.6 Å². The second-order valence-electron chi connectivity index (χ2n) is 6.04. The Balaban J connectivity index is 0.00000242. The molecule has 2 N–H and O–H groups in total. The number of piperidine rings is 1. The minimum Gasteiger partial charge on any atom is -0.356 e. The van der Waals surface area contributed by atoms with E-state index < -0.39 is 0 Å². The van der Waals surface area contributed by atoms with E-state index >= 15 is 0 Å². The van der Waals surface area contributed by atoms with Crippen molar-refractivity contribution in [1.29, 1.82) is 0 Å². The van der Waals surface area contributed by atoms with Crippen molar-refractivity contribution in [2.45, 2.75) is 44.9 Å². The predicted octanol–water partition coefficient (Wildman–Crippen LogP) is 3.50. The minimum atomic E-state index is 0. The zero-order valence-electron chi connectivity index (χ0n) is 13.5. The van der Waals surface area contributed by atoms with Crippen LogP contribution in [0.25, 0.3) is 0 Å². The first-order chi connectivity index (χ1) is 10.3. The van der Waals surface area contributed by atoms with Crippen LogP contribution in [0.15, 0.2) is 30.3 Å². The van der Waals surface area contributed by atoms with Crippen LogP contribution in [-0.2, 0) is 4.79 Å². The SMILES string of the molecule is CCCC(C(=O)NCCC1CCCNC1)c1ccccc1.Cl. The van der Waals surface area contributed by atoms with Gasteiger partial charge in [0.25, 0.3) is 0 Å². The van der Waals surface area contributed by atoms with Crippen molar-refractivity contribution < 1.29 is 4.79 Å². The molecule has 1 aliphatic heterocycles. The Hall–Kier alpha value is -1.06. The van der Waals surface area contributed by atoms with E-state index in [-0.39, 0.29) is 24.2 Å². The number of rotatable bonds is 7. The highest BCUT2D eigenvalue weighted by atomic mass is 35.5. The zero-order valence-corrected chi connectivity index (χ0v) is 14.3. The smallest absolute Gasteiger partial charge is 0.227 e. The molecule has 1 aromatic rings. The van der Waals surface area contributed by atoms with E-state index in [0.29, 0.717) is 0 Å². The lowest BCUT2D eigenvalue weighted by molar-refractivity contribution is -0.122. The van der Waals surface area contributed by atoms with Gasteiger partial charge in [-0.05, 0) is 50.3 Å². The van der Waals surface area contributed by atoms with Crippen LogP contribution in [0.3, 0.4) is 0 Å². The summed E-state index contributed by atoms with van der Waals surface area (Å²) < 4.78 is 0. The molecule has 2 rings (SSSR count). The number of carbonyl (C=O) groups is 1. The molecule has 0 aliphatic carbocycles. The maximum atomic E-state index is 12.4. The molecule has 0 saturated carbocycles. The number of hydrogen-bond acceptors (Lipinski definition) is 2. The number of benzene rings is 1. The van der Waals surface area contributed by atoms with Crippen molar-refractivity contribution in [1.82, 2.24) is 10.6 Å². The zero-order chi connectivity index (χ0) is 14.9. The maximum absolute atomic E-state index is 12.4. The Bertz CT molecular complexity index is 418. The molecule has 1 fully saturated rings. The van der Waals surface area contributed by atoms with Crippen LogP contribution in [0, 0.1) is 5.92 Å². The van der Waals surface area contributed by atoms with Crippen molar-refractivity contribution in [2.75, 3.05) is 19.6 Å². The number of nitrogens with one attached hydrogen (secondary N) is 2. The first-order valence-corrected chi connectivity index (χ1v) is 8.34. The molecule has 3 nitrogen and oxygen atoms in total. The number of carbonyl (C=O) groups excluding carboxylic acids is 1. The molecule has 1 aliphatic rings. The molecule has 124 valence electrons. The van der Waals surface area contributed by atoms with Crippen molar-refractivity contribution in [2.24, 2.45) is 5.92 Å².